The summed E-state index contributed by atoms with van der Waals surface area (Å²) in [6.45, 7) is 4.37. The van der Waals surface area contributed by atoms with Gasteiger partial charge in [0.1, 0.15) is 11.5 Å². The first kappa shape index (κ1) is 35.2. The minimum Gasteiger partial charge on any atom is -0.508 e. The van der Waals surface area contributed by atoms with Gasteiger partial charge in [0.05, 0.1) is 28.3 Å². The fourth-order valence-corrected chi connectivity index (χ4v) is 8.65. The number of sulfone groups is 1. The quantitative estimate of drug-likeness (QED) is 0.141. The molecule has 1 aliphatic heterocycles. The van der Waals surface area contributed by atoms with Gasteiger partial charge in [0.2, 0.25) is 0 Å². The van der Waals surface area contributed by atoms with Crippen LogP contribution in [0.25, 0.3) is 0 Å². The van der Waals surface area contributed by atoms with E-state index in [4.69, 9.17) is 9.47 Å². The zero-order chi connectivity index (χ0) is 33.3. The highest BCUT2D eigenvalue weighted by Gasteiger charge is 2.42. The molecule has 0 saturated heterocycles. The van der Waals surface area contributed by atoms with Crippen molar-refractivity contribution in [3.63, 3.8) is 0 Å². The van der Waals surface area contributed by atoms with Gasteiger partial charge in [0.25, 0.3) is 5.91 Å². The topological polar surface area (TPSA) is 122 Å². The van der Waals surface area contributed by atoms with Crippen molar-refractivity contribution in [3.8, 4) is 11.5 Å². The number of hydrogen-bond donors (Lipinski definition) is 2. The second-order valence-corrected chi connectivity index (χ2v) is 14.6. The molecule has 46 heavy (non-hydrogen) atoms. The van der Waals surface area contributed by atoms with Crippen LogP contribution >= 0.6 is 11.8 Å². The largest absolute Gasteiger partial charge is 0.508 e. The van der Waals surface area contributed by atoms with Gasteiger partial charge >= 0.3 is 5.97 Å². The molecule has 0 spiro atoms. The van der Waals surface area contributed by atoms with Gasteiger partial charge in [-0.25, -0.2) is 13.2 Å². The third kappa shape index (κ3) is 8.36. The number of esters is 1. The van der Waals surface area contributed by atoms with E-state index in [-0.39, 0.29) is 22.1 Å². The van der Waals surface area contributed by atoms with Gasteiger partial charge in [-0.2, -0.15) is 0 Å². The van der Waals surface area contributed by atoms with E-state index in [1.807, 2.05) is 42.7 Å². The standard InChI is InChI=1S/C35H44N2O7S2/c1-5-7-18-35(19-8-6-2)23-37(26-12-10-9-11-13-26)28-20-30(45-4)29(21-31(28)46(41,42)24-35)44-22-32(39)36-33(34(40)43-3)25-14-16-27(38)17-15-25/h9-17,20-21,33,38H,5-8,18-19,22-24H2,1-4H3,(H,36,39)/t33-/m1/s1. The third-order valence-corrected chi connectivity index (χ3v) is 11.1. The Morgan fingerprint density at radius 2 is 1.67 bits per heavy atom. The van der Waals surface area contributed by atoms with Gasteiger partial charge in [0, 0.05) is 23.7 Å². The number of unbranched alkanes of at least 4 members (excludes halogenated alkanes) is 2. The second kappa shape index (κ2) is 15.7. The van der Waals surface area contributed by atoms with Crippen molar-refractivity contribution >= 4 is 44.9 Å². The van der Waals surface area contributed by atoms with Gasteiger partial charge in [-0.3, -0.25) is 4.79 Å². The molecule has 3 aromatic rings. The Morgan fingerprint density at radius 1 is 1.02 bits per heavy atom. The molecule has 0 saturated carbocycles. The van der Waals surface area contributed by atoms with E-state index in [1.165, 1.54) is 43.1 Å². The molecule has 1 amide bonds. The fraction of sp³-hybridized carbons (Fsp3) is 0.429. The Hall–Kier alpha value is -3.70. The molecule has 0 aliphatic carbocycles. The molecule has 4 rings (SSSR count). The molecule has 0 fully saturated rings. The van der Waals surface area contributed by atoms with Crippen molar-refractivity contribution in [1.29, 1.82) is 0 Å². The maximum atomic E-state index is 14.3. The summed E-state index contributed by atoms with van der Waals surface area (Å²) in [7, 11) is -2.54. The summed E-state index contributed by atoms with van der Waals surface area (Å²) in [6.07, 6.45) is 7.32. The van der Waals surface area contributed by atoms with Crippen molar-refractivity contribution in [3.05, 3.63) is 72.3 Å². The lowest BCUT2D eigenvalue weighted by Gasteiger charge is -2.37. The number of phenols is 1. The van der Waals surface area contributed by atoms with Crippen molar-refractivity contribution in [2.24, 2.45) is 5.41 Å². The van der Waals surface area contributed by atoms with Crippen LogP contribution < -0.4 is 15.0 Å². The van der Waals surface area contributed by atoms with E-state index < -0.39 is 39.8 Å². The van der Waals surface area contributed by atoms with Crippen molar-refractivity contribution in [2.45, 2.75) is 68.2 Å². The summed E-state index contributed by atoms with van der Waals surface area (Å²) in [5.41, 5.74) is 1.51. The van der Waals surface area contributed by atoms with Crippen LogP contribution in [0.15, 0.2) is 76.5 Å². The lowest BCUT2D eigenvalue weighted by molar-refractivity contribution is -0.145. The molecule has 11 heteroatoms. The van der Waals surface area contributed by atoms with E-state index in [2.05, 4.69) is 24.1 Å². The molecule has 0 radical (unpaired) electrons. The molecule has 1 heterocycles. The molecule has 1 aliphatic rings. The number of rotatable bonds is 14. The molecule has 248 valence electrons. The summed E-state index contributed by atoms with van der Waals surface area (Å²) < 4.78 is 39.4. The summed E-state index contributed by atoms with van der Waals surface area (Å²) in [4.78, 5) is 28.5. The summed E-state index contributed by atoms with van der Waals surface area (Å²) in [6, 6.07) is 18.0. The molecule has 0 unspecified atom stereocenters. The number of carbonyl (C=O) groups is 2. The number of amides is 1. The number of methoxy groups -OCH3 is 1. The van der Waals surface area contributed by atoms with E-state index in [1.54, 1.807) is 6.07 Å². The van der Waals surface area contributed by atoms with Crippen LogP contribution in [0.3, 0.4) is 0 Å². The zero-order valence-electron chi connectivity index (χ0n) is 27.0. The number of fused-ring (bicyclic) bond motifs is 1. The highest BCUT2D eigenvalue weighted by molar-refractivity contribution is 7.98. The molecule has 3 aromatic carbocycles. The van der Waals surface area contributed by atoms with E-state index >= 15 is 0 Å². The SMILES string of the molecule is CCCCC1(CCCC)CN(c2ccccc2)c2cc(SC)c(OCC(=O)N[C@@H](C(=O)OC)c3ccc(O)cc3)cc2S(=O)(=O)C1. The van der Waals surface area contributed by atoms with Gasteiger partial charge < -0.3 is 24.8 Å². The Balaban J connectivity index is 1.70. The van der Waals surface area contributed by atoms with Crippen LogP contribution in [0.2, 0.25) is 0 Å². The first-order valence-corrected chi connectivity index (χ1v) is 18.5. The van der Waals surface area contributed by atoms with Crippen molar-refractivity contribution in [2.75, 3.05) is 37.2 Å². The number of carbonyl (C=O) groups excluding carboxylic acids is 2. The number of nitrogens with one attached hydrogen (secondary N) is 1. The minimum absolute atomic E-state index is 0.0172. The monoisotopic (exact) mass is 668 g/mol. The van der Waals surface area contributed by atoms with Gasteiger partial charge in [-0.15, -0.1) is 11.8 Å². The number of benzene rings is 3. The minimum atomic E-state index is -3.76. The highest BCUT2D eigenvalue weighted by atomic mass is 32.2. The van der Waals surface area contributed by atoms with E-state index in [0.29, 0.717) is 22.7 Å². The Bertz CT molecular complexity index is 1590. The Labute approximate surface area is 276 Å². The number of ether oxygens (including phenoxy) is 2. The number of para-hydroxylation sites is 1. The van der Waals surface area contributed by atoms with Gasteiger partial charge in [0.15, 0.2) is 22.5 Å². The van der Waals surface area contributed by atoms with Crippen LogP contribution in [-0.4, -0.2) is 57.7 Å². The van der Waals surface area contributed by atoms with Crippen LogP contribution in [0.4, 0.5) is 11.4 Å². The predicted octanol–water partition coefficient (Wildman–Crippen LogP) is 6.82. The molecular weight excluding hydrogens is 625 g/mol. The summed E-state index contributed by atoms with van der Waals surface area (Å²) in [5.74, 6) is -0.967. The number of hydrogen-bond acceptors (Lipinski definition) is 9. The van der Waals surface area contributed by atoms with Crippen LogP contribution in [-0.2, 0) is 24.2 Å². The Morgan fingerprint density at radius 3 is 2.26 bits per heavy atom. The number of thioether (sulfide) groups is 1. The number of phenolic OH excluding ortho intramolecular Hbond substituents is 1. The van der Waals surface area contributed by atoms with Crippen LogP contribution in [0, 0.1) is 5.41 Å². The first-order valence-electron chi connectivity index (χ1n) is 15.6. The van der Waals surface area contributed by atoms with Crippen LogP contribution in [0.5, 0.6) is 11.5 Å². The van der Waals surface area contributed by atoms with Gasteiger partial charge in [-0.1, -0.05) is 69.9 Å². The lowest BCUT2D eigenvalue weighted by Crippen LogP contribution is -2.38. The molecule has 9 nitrogen and oxygen atoms in total. The average Bonchev–Trinajstić information content (AvgIpc) is 3.15. The highest BCUT2D eigenvalue weighted by Crippen LogP contribution is 2.47. The second-order valence-electron chi connectivity index (χ2n) is 11.8. The molecular formula is C35H44N2O7S2. The molecule has 0 bridgehead atoms. The number of aromatic hydroxyl groups is 1. The molecule has 0 aromatic heterocycles. The number of anilines is 2. The normalized spacial score (nSPS) is 15.7. The summed E-state index contributed by atoms with van der Waals surface area (Å²) in [5, 5.41) is 12.3. The molecule has 2 N–H and O–H groups in total. The Kier molecular flexibility index (Phi) is 12.0. The van der Waals surface area contributed by atoms with Crippen molar-refractivity contribution in [1.82, 2.24) is 5.32 Å². The predicted molar refractivity (Wildman–Crippen MR) is 182 cm³/mol. The van der Waals surface area contributed by atoms with E-state index in [9.17, 15) is 23.1 Å². The maximum Gasteiger partial charge on any atom is 0.333 e. The fourth-order valence-electron chi connectivity index (χ4n) is 5.99. The van der Waals surface area contributed by atoms with Crippen LogP contribution in [0.1, 0.15) is 64.0 Å². The maximum absolute atomic E-state index is 14.3. The number of nitrogens with zero attached hydrogens (tertiary/aromatic N) is 1. The van der Waals surface area contributed by atoms with Crippen molar-refractivity contribution < 1.29 is 32.6 Å². The zero-order valence-corrected chi connectivity index (χ0v) is 28.6. The third-order valence-electron chi connectivity index (χ3n) is 8.38. The lowest BCUT2D eigenvalue weighted by atomic mass is 9.79. The smallest absolute Gasteiger partial charge is 0.333 e. The summed E-state index contributed by atoms with van der Waals surface area (Å²) >= 11 is 1.40. The molecule has 1 atom stereocenters. The average molecular weight is 669 g/mol. The van der Waals surface area contributed by atoms with E-state index in [0.717, 1.165) is 44.2 Å². The first-order chi connectivity index (χ1) is 22.1. The van der Waals surface area contributed by atoms with Gasteiger partial charge in [-0.05, 0) is 55.0 Å².